The summed E-state index contributed by atoms with van der Waals surface area (Å²) in [5.74, 6) is -1.35. The first-order valence-electron chi connectivity index (χ1n) is 16.7. The van der Waals surface area contributed by atoms with Gasteiger partial charge in [-0.05, 0) is 84.6 Å². The molecule has 0 radical (unpaired) electrons. The lowest BCUT2D eigenvalue weighted by Crippen LogP contribution is -2.56. The van der Waals surface area contributed by atoms with Gasteiger partial charge in [-0.3, -0.25) is 14.4 Å². The quantitative estimate of drug-likeness (QED) is 0.217. The van der Waals surface area contributed by atoms with E-state index in [0.717, 1.165) is 53.3 Å². The van der Waals surface area contributed by atoms with Crippen LogP contribution in [-0.2, 0) is 29.0 Å². The van der Waals surface area contributed by atoms with Gasteiger partial charge in [0.25, 0.3) is 5.91 Å². The zero-order chi connectivity index (χ0) is 34.2. The molecule has 5 rings (SSSR count). The number of hydrogen-bond donors (Lipinski definition) is 2. The number of fused-ring (bicyclic) bond motifs is 1. The Morgan fingerprint density at radius 2 is 1.56 bits per heavy atom. The molecule has 0 aliphatic carbocycles. The van der Waals surface area contributed by atoms with Gasteiger partial charge in [0.2, 0.25) is 11.8 Å². The third-order valence-electron chi connectivity index (χ3n) is 9.63. The van der Waals surface area contributed by atoms with Gasteiger partial charge in [0.05, 0.1) is 0 Å². The van der Waals surface area contributed by atoms with Crippen LogP contribution in [0.25, 0.3) is 10.8 Å². The van der Waals surface area contributed by atoms with Gasteiger partial charge in [-0.1, -0.05) is 66.7 Å². The van der Waals surface area contributed by atoms with E-state index in [9.17, 15) is 18.8 Å². The second-order valence-corrected chi connectivity index (χ2v) is 12.9. The molecule has 9 heteroatoms. The van der Waals surface area contributed by atoms with Gasteiger partial charge in [-0.2, -0.15) is 0 Å². The predicted molar refractivity (Wildman–Crippen MR) is 188 cm³/mol. The molecule has 1 saturated heterocycles. The summed E-state index contributed by atoms with van der Waals surface area (Å²) in [6.07, 6.45) is 3.48. The molecule has 0 spiro atoms. The highest BCUT2D eigenvalue weighted by Crippen LogP contribution is 2.22. The number of carbonyl (C=O) groups is 3. The van der Waals surface area contributed by atoms with E-state index in [1.165, 1.54) is 21.9 Å². The summed E-state index contributed by atoms with van der Waals surface area (Å²) >= 11 is 0. The monoisotopic (exact) mass is 651 g/mol. The van der Waals surface area contributed by atoms with Gasteiger partial charge in [0.15, 0.2) is 0 Å². The molecule has 3 amide bonds. The van der Waals surface area contributed by atoms with Gasteiger partial charge in [-0.25, -0.2) is 4.39 Å². The van der Waals surface area contributed by atoms with Crippen molar-refractivity contribution < 1.29 is 18.8 Å². The number of benzene rings is 4. The fraction of sp³-hybridized carbons (Fsp3) is 0.359. The minimum absolute atomic E-state index is 0.191. The summed E-state index contributed by atoms with van der Waals surface area (Å²) in [6, 6.07) is 25.7. The van der Waals surface area contributed by atoms with E-state index in [4.69, 9.17) is 5.73 Å². The molecule has 8 nitrogen and oxygen atoms in total. The Hall–Kier alpha value is -4.60. The molecule has 0 saturated carbocycles. The number of likely N-dealkylation sites (tertiary alicyclic amines) is 1. The lowest BCUT2D eigenvalue weighted by molar-refractivity contribution is -0.142. The van der Waals surface area contributed by atoms with E-state index in [2.05, 4.69) is 17.3 Å². The first kappa shape index (κ1) is 34.7. The molecule has 4 aromatic rings. The molecule has 1 heterocycles. The fourth-order valence-corrected chi connectivity index (χ4v) is 6.62. The number of likely N-dealkylation sites (N-methyl/N-ethyl adjacent to an activating group) is 2. The molecule has 48 heavy (non-hydrogen) atoms. The highest BCUT2D eigenvalue weighted by atomic mass is 19.1. The molecular formula is C39H46FN5O3. The Bertz CT molecular complexity index is 1730. The number of rotatable bonds is 13. The number of hydrogen-bond acceptors (Lipinski definition) is 5. The molecule has 1 aliphatic rings. The minimum atomic E-state index is -0.916. The van der Waals surface area contributed by atoms with Crippen LogP contribution in [-0.4, -0.2) is 84.8 Å². The number of nitrogens with one attached hydrogen (secondary N) is 1. The molecule has 0 bridgehead atoms. The highest BCUT2D eigenvalue weighted by Gasteiger charge is 2.35. The SMILES string of the molecule is CN1CCCC1CCNC(=O)C(Cc1ccc(F)cc1)N(C)C(=O)[C@@H](Cc1ccc2ccccc2c1)N(C)C(=O)c1cccc(CN)c1. The van der Waals surface area contributed by atoms with Crippen molar-refractivity contribution in [1.29, 1.82) is 0 Å². The van der Waals surface area contributed by atoms with Gasteiger partial charge < -0.3 is 25.8 Å². The van der Waals surface area contributed by atoms with Crippen LogP contribution in [0.2, 0.25) is 0 Å². The van der Waals surface area contributed by atoms with Gasteiger partial charge in [-0.15, -0.1) is 0 Å². The first-order valence-corrected chi connectivity index (χ1v) is 16.7. The predicted octanol–water partition coefficient (Wildman–Crippen LogP) is 4.79. The summed E-state index contributed by atoms with van der Waals surface area (Å²) in [6.45, 7) is 1.81. The molecule has 0 aromatic heterocycles. The number of nitrogens with two attached hydrogens (primary N) is 1. The van der Waals surface area contributed by atoms with Crippen LogP contribution in [0.1, 0.15) is 46.3 Å². The highest BCUT2D eigenvalue weighted by molar-refractivity contribution is 5.98. The van der Waals surface area contributed by atoms with E-state index in [1.807, 2.05) is 48.5 Å². The maximum absolute atomic E-state index is 14.6. The maximum Gasteiger partial charge on any atom is 0.254 e. The van der Waals surface area contributed by atoms with Crippen LogP contribution in [0, 0.1) is 5.82 Å². The molecular weight excluding hydrogens is 605 g/mol. The third kappa shape index (κ3) is 8.45. The zero-order valence-electron chi connectivity index (χ0n) is 28.1. The van der Waals surface area contributed by atoms with Crippen molar-refractivity contribution in [3.63, 3.8) is 0 Å². The zero-order valence-corrected chi connectivity index (χ0v) is 28.1. The lowest BCUT2D eigenvalue weighted by atomic mass is 9.98. The molecule has 2 unspecified atom stereocenters. The standard InChI is InChI=1S/C39H46FN5O3/c1-43-21-7-12-34(43)19-20-42-37(46)35(24-27-14-17-33(40)18-15-27)44(2)39(48)36(25-28-13-16-30-9-4-5-10-31(30)22-28)45(3)38(47)32-11-6-8-29(23-32)26-41/h4-6,8-11,13-18,22-23,34-36H,7,12,19-21,24-26,41H2,1-3H3,(H,42,46)/t34?,35?,36-/m1/s1. The van der Waals surface area contributed by atoms with Crippen LogP contribution < -0.4 is 11.1 Å². The molecule has 1 fully saturated rings. The van der Waals surface area contributed by atoms with Crippen molar-refractivity contribution in [3.05, 3.63) is 119 Å². The lowest BCUT2D eigenvalue weighted by Gasteiger charge is -2.35. The van der Waals surface area contributed by atoms with Gasteiger partial charge in [0, 0.05) is 51.6 Å². The first-order chi connectivity index (χ1) is 23.1. The number of carbonyl (C=O) groups excluding carboxylic acids is 3. The van der Waals surface area contributed by atoms with Crippen molar-refractivity contribution in [1.82, 2.24) is 20.0 Å². The van der Waals surface area contributed by atoms with Crippen molar-refractivity contribution in [2.75, 3.05) is 34.2 Å². The Kier molecular flexibility index (Phi) is 11.6. The van der Waals surface area contributed by atoms with Crippen LogP contribution in [0.4, 0.5) is 4.39 Å². The number of amides is 3. The van der Waals surface area contributed by atoms with Gasteiger partial charge in [0.1, 0.15) is 17.9 Å². The van der Waals surface area contributed by atoms with Crippen molar-refractivity contribution in [3.8, 4) is 0 Å². The second kappa shape index (κ2) is 16.0. The topological polar surface area (TPSA) is 99.0 Å². The van der Waals surface area contributed by atoms with Crippen LogP contribution in [0.5, 0.6) is 0 Å². The number of nitrogens with zero attached hydrogens (tertiary/aromatic N) is 3. The average Bonchev–Trinajstić information content (AvgIpc) is 3.52. The van der Waals surface area contributed by atoms with E-state index in [1.54, 1.807) is 44.4 Å². The number of halogens is 1. The van der Waals surface area contributed by atoms with Crippen LogP contribution in [0.15, 0.2) is 91.0 Å². The summed E-state index contributed by atoms with van der Waals surface area (Å²) < 4.78 is 13.8. The molecule has 3 atom stereocenters. The van der Waals surface area contributed by atoms with Crippen molar-refractivity contribution >= 4 is 28.5 Å². The Morgan fingerprint density at radius 3 is 2.27 bits per heavy atom. The van der Waals surface area contributed by atoms with Crippen LogP contribution >= 0.6 is 0 Å². The minimum Gasteiger partial charge on any atom is -0.354 e. The molecule has 252 valence electrons. The Morgan fingerprint density at radius 1 is 0.854 bits per heavy atom. The van der Waals surface area contributed by atoms with Gasteiger partial charge >= 0.3 is 0 Å². The summed E-state index contributed by atoms with van der Waals surface area (Å²) in [5.41, 5.74) is 8.70. The molecule has 3 N–H and O–H groups in total. The smallest absolute Gasteiger partial charge is 0.254 e. The van der Waals surface area contributed by atoms with Crippen LogP contribution in [0.3, 0.4) is 0 Å². The molecule has 1 aliphatic heterocycles. The Labute approximate surface area is 282 Å². The van der Waals surface area contributed by atoms with E-state index in [-0.39, 0.29) is 42.9 Å². The summed E-state index contributed by atoms with van der Waals surface area (Å²) in [4.78, 5) is 47.6. The average molecular weight is 652 g/mol. The fourth-order valence-electron chi connectivity index (χ4n) is 6.62. The molecule has 4 aromatic carbocycles. The largest absolute Gasteiger partial charge is 0.354 e. The summed E-state index contributed by atoms with van der Waals surface area (Å²) in [7, 11) is 5.34. The van der Waals surface area contributed by atoms with Crippen molar-refractivity contribution in [2.45, 2.75) is 56.8 Å². The summed E-state index contributed by atoms with van der Waals surface area (Å²) in [5, 5.41) is 5.17. The Balaban J connectivity index is 1.44. The maximum atomic E-state index is 14.6. The second-order valence-electron chi connectivity index (χ2n) is 12.9. The third-order valence-corrected chi connectivity index (χ3v) is 9.63. The van der Waals surface area contributed by atoms with E-state index < -0.39 is 12.1 Å². The normalized spacial score (nSPS) is 16.0. The van der Waals surface area contributed by atoms with E-state index in [0.29, 0.717) is 18.2 Å². The van der Waals surface area contributed by atoms with E-state index >= 15 is 0 Å². The van der Waals surface area contributed by atoms with Crippen molar-refractivity contribution in [2.24, 2.45) is 5.73 Å².